The van der Waals surface area contributed by atoms with Crippen molar-refractivity contribution >= 4 is 38.8 Å². The van der Waals surface area contributed by atoms with Crippen molar-refractivity contribution in [3.63, 3.8) is 0 Å². The molecule has 3 radical (unpaired) electrons. The van der Waals surface area contributed by atoms with E-state index in [1.807, 2.05) is 7.28 Å². The number of hydrogen-bond donors (Lipinski definition) is 0. The molecule has 0 aliphatic rings. The molecule has 0 aliphatic heterocycles. The van der Waals surface area contributed by atoms with Gasteiger partial charge in [-0.3, -0.25) is 0 Å². The minimum Gasteiger partial charge on any atom is -0.172 e. The Labute approximate surface area is 63.7 Å². The fourth-order valence-electron chi connectivity index (χ4n) is 0.231. The Kier molecular flexibility index (Phi) is 4.22. The first-order chi connectivity index (χ1) is 3.62. The molecule has 8 heavy (non-hydrogen) atoms. The van der Waals surface area contributed by atoms with E-state index in [0.29, 0.717) is 14.6 Å². The topological polar surface area (TPSA) is 0 Å². The standard InChI is InChI=1S/C4H8BCl2Si/c1-4(2,8-7)5-3-6/h3H2,1-2H3. The van der Waals surface area contributed by atoms with Crippen LogP contribution in [0.2, 0.25) is 4.94 Å². The van der Waals surface area contributed by atoms with E-state index >= 15 is 0 Å². The van der Waals surface area contributed by atoms with E-state index in [9.17, 15) is 0 Å². The van der Waals surface area contributed by atoms with Crippen LogP contribution in [0.4, 0.5) is 0 Å². The van der Waals surface area contributed by atoms with Crippen LogP contribution in [-0.2, 0) is 0 Å². The first kappa shape index (κ1) is 8.86. The maximum absolute atomic E-state index is 5.61. The average Bonchev–Trinajstić information content (AvgIpc) is 1.67. The van der Waals surface area contributed by atoms with E-state index in [4.69, 9.17) is 22.7 Å². The van der Waals surface area contributed by atoms with Gasteiger partial charge in [0.25, 0.3) is 0 Å². The van der Waals surface area contributed by atoms with E-state index in [0.717, 1.165) is 0 Å². The van der Waals surface area contributed by atoms with Crippen molar-refractivity contribution in [2.75, 3.05) is 5.78 Å². The normalized spacial score (nSPS) is 11.5. The highest BCUT2D eigenvalue weighted by Gasteiger charge is 2.17. The third-order valence-corrected chi connectivity index (χ3v) is 3.14. The van der Waals surface area contributed by atoms with Gasteiger partial charge in [-0.1, -0.05) is 18.8 Å². The predicted molar refractivity (Wildman–Crippen MR) is 42.1 cm³/mol. The third kappa shape index (κ3) is 3.81. The van der Waals surface area contributed by atoms with Gasteiger partial charge < -0.3 is 0 Å². The van der Waals surface area contributed by atoms with Gasteiger partial charge >= 0.3 is 0 Å². The Morgan fingerprint density at radius 2 is 2.12 bits per heavy atom. The average molecular weight is 166 g/mol. The fraction of sp³-hybridized carbons (Fsp3) is 1.00. The van der Waals surface area contributed by atoms with Crippen molar-refractivity contribution in [1.82, 2.24) is 0 Å². The second kappa shape index (κ2) is 3.81. The van der Waals surface area contributed by atoms with E-state index in [-0.39, 0.29) is 4.94 Å². The minimum absolute atomic E-state index is 0.128. The second-order valence-corrected chi connectivity index (χ2v) is 4.53. The van der Waals surface area contributed by atoms with Crippen molar-refractivity contribution in [1.29, 1.82) is 0 Å². The van der Waals surface area contributed by atoms with Crippen molar-refractivity contribution < 1.29 is 0 Å². The second-order valence-electron chi connectivity index (χ2n) is 2.17. The maximum atomic E-state index is 5.61. The summed E-state index contributed by atoms with van der Waals surface area (Å²) in [7, 11) is 2.44. The van der Waals surface area contributed by atoms with Gasteiger partial charge in [-0.25, -0.2) is 0 Å². The Balaban J connectivity index is 3.37. The van der Waals surface area contributed by atoms with Crippen LogP contribution in [0.15, 0.2) is 0 Å². The first-order valence-corrected chi connectivity index (χ1v) is 4.95. The summed E-state index contributed by atoms with van der Waals surface area (Å²) >= 11 is 11.1. The molecule has 0 rings (SSSR count). The molecule has 0 atom stereocenters. The summed E-state index contributed by atoms with van der Waals surface area (Å²) < 4.78 is 0. The lowest BCUT2D eigenvalue weighted by atomic mass is 9.68. The van der Waals surface area contributed by atoms with Gasteiger partial charge in [-0.05, 0) is 5.78 Å². The SMILES string of the molecule is CC(C)([B]CCl)[Si]Cl. The molecule has 0 heterocycles. The molecule has 0 fully saturated rings. The van der Waals surface area contributed by atoms with Crippen LogP contribution in [0.25, 0.3) is 0 Å². The Hall–Kier alpha value is 0.862. The molecule has 0 bridgehead atoms. The summed E-state index contributed by atoms with van der Waals surface area (Å²) in [5, 5.41) is 0. The molecule has 0 amide bonds. The van der Waals surface area contributed by atoms with Crippen molar-refractivity contribution in [3.8, 4) is 0 Å². The zero-order chi connectivity index (χ0) is 6.62. The predicted octanol–water partition coefficient (Wildman–Crippen LogP) is 1.90. The summed E-state index contributed by atoms with van der Waals surface area (Å²) in [4.78, 5) is 0.128. The van der Waals surface area contributed by atoms with Crippen LogP contribution in [0.5, 0.6) is 0 Å². The molecule has 0 aromatic rings. The monoisotopic (exact) mass is 165 g/mol. The number of rotatable bonds is 3. The number of alkyl halides is 1. The largest absolute Gasteiger partial charge is 0.172 e. The van der Waals surface area contributed by atoms with Crippen LogP contribution in [-0.4, -0.2) is 21.9 Å². The molecular weight excluding hydrogens is 158 g/mol. The summed E-state index contributed by atoms with van der Waals surface area (Å²) in [5.41, 5.74) is 0. The molecule has 0 aromatic carbocycles. The molecular formula is C4H8BCl2Si. The van der Waals surface area contributed by atoms with Crippen LogP contribution < -0.4 is 0 Å². The van der Waals surface area contributed by atoms with Crippen molar-refractivity contribution in [3.05, 3.63) is 0 Å². The van der Waals surface area contributed by atoms with Gasteiger partial charge in [0, 0.05) is 0 Å². The van der Waals surface area contributed by atoms with E-state index in [1.54, 1.807) is 0 Å². The van der Waals surface area contributed by atoms with Crippen molar-refractivity contribution in [2.45, 2.75) is 18.8 Å². The quantitative estimate of drug-likeness (QED) is 0.341. The fourth-order valence-corrected chi connectivity index (χ4v) is 1.16. The zero-order valence-electron chi connectivity index (χ0n) is 5.04. The van der Waals surface area contributed by atoms with Gasteiger partial charge in [0.2, 0.25) is 0 Å². The van der Waals surface area contributed by atoms with Crippen molar-refractivity contribution in [2.24, 2.45) is 0 Å². The molecule has 0 saturated carbocycles. The lowest BCUT2D eigenvalue weighted by molar-refractivity contribution is 0.950. The van der Waals surface area contributed by atoms with Gasteiger partial charge in [-0.2, -0.15) is 11.1 Å². The minimum atomic E-state index is 0.128. The van der Waals surface area contributed by atoms with Crippen LogP contribution in [0, 0.1) is 0 Å². The highest BCUT2D eigenvalue weighted by atomic mass is 35.6. The highest BCUT2D eigenvalue weighted by molar-refractivity contribution is 6.99. The first-order valence-electron chi connectivity index (χ1n) is 2.40. The van der Waals surface area contributed by atoms with Crippen LogP contribution in [0.3, 0.4) is 0 Å². The Bertz CT molecular complexity index is 67.1. The Morgan fingerprint density at radius 3 is 2.25 bits per heavy atom. The van der Waals surface area contributed by atoms with E-state index < -0.39 is 0 Å². The third-order valence-electron chi connectivity index (χ3n) is 0.831. The summed E-state index contributed by atoms with van der Waals surface area (Å²) in [6.45, 7) is 4.14. The molecule has 0 unspecified atom stereocenters. The lowest BCUT2D eigenvalue weighted by Gasteiger charge is -2.15. The van der Waals surface area contributed by atoms with E-state index in [2.05, 4.69) is 13.8 Å². The van der Waals surface area contributed by atoms with Gasteiger partial charge in [0.15, 0.2) is 8.83 Å². The lowest BCUT2D eigenvalue weighted by Crippen LogP contribution is -2.18. The molecule has 0 N–H and O–H groups in total. The molecule has 0 aromatic heterocycles. The highest BCUT2D eigenvalue weighted by Crippen LogP contribution is 2.21. The summed E-state index contributed by atoms with van der Waals surface area (Å²) in [6.07, 6.45) is 0. The molecule has 0 saturated heterocycles. The smallest absolute Gasteiger partial charge is 0.169 e. The maximum Gasteiger partial charge on any atom is 0.169 e. The van der Waals surface area contributed by atoms with Gasteiger partial charge in [-0.15, -0.1) is 11.6 Å². The molecule has 45 valence electrons. The molecule has 0 aliphatic carbocycles. The molecule has 0 nitrogen and oxygen atoms in total. The molecule has 0 spiro atoms. The van der Waals surface area contributed by atoms with Gasteiger partial charge in [0.1, 0.15) is 7.28 Å². The van der Waals surface area contributed by atoms with Crippen LogP contribution in [0.1, 0.15) is 13.8 Å². The Morgan fingerprint density at radius 1 is 1.62 bits per heavy atom. The zero-order valence-corrected chi connectivity index (χ0v) is 7.55. The van der Waals surface area contributed by atoms with E-state index in [1.165, 1.54) is 0 Å². The summed E-state index contributed by atoms with van der Waals surface area (Å²) in [6, 6.07) is 0. The van der Waals surface area contributed by atoms with Gasteiger partial charge in [0.05, 0.1) is 0 Å². The number of hydrogen-bond acceptors (Lipinski definition) is 0. The summed E-state index contributed by atoms with van der Waals surface area (Å²) in [5.74, 6) is 0.590. The van der Waals surface area contributed by atoms with Crippen LogP contribution >= 0.6 is 22.7 Å². The number of halogens is 2. The molecule has 4 heteroatoms.